The monoisotopic (exact) mass is 382 g/mol. The summed E-state index contributed by atoms with van der Waals surface area (Å²) in [6.07, 6.45) is 7.78. The molecule has 148 valence electrons. The molecule has 0 amide bonds. The van der Waals surface area contributed by atoms with Gasteiger partial charge in [-0.2, -0.15) is 5.26 Å². The standard InChI is InChI=1S/C19H26N8O/c1-27(2)15-6-4-13(5-7-15)10-22-16-8-17(25-26-19(16)28-3)24-18-12-21-14(9-20)11-23-18/h8,11-13,15H,4-7,10H2,1-3H3,(H2,22,23,24,25). The van der Waals surface area contributed by atoms with Gasteiger partial charge in [-0.05, 0) is 45.7 Å². The van der Waals surface area contributed by atoms with E-state index in [9.17, 15) is 0 Å². The quantitative estimate of drug-likeness (QED) is 0.745. The van der Waals surface area contributed by atoms with Crippen LogP contribution in [0.4, 0.5) is 17.3 Å². The third-order valence-electron chi connectivity index (χ3n) is 5.10. The van der Waals surface area contributed by atoms with Gasteiger partial charge in [0.25, 0.3) is 5.88 Å². The van der Waals surface area contributed by atoms with Crippen molar-refractivity contribution in [3.05, 3.63) is 24.2 Å². The molecule has 0 unspecified atom stereocenters. The molecule has 0 radical (unpaired) electrons. The van der Waals surface area contributed by atoms with Crippen molar-refractivity contribution >= 4 is 17.3 Å². The lowest BCUT2D eigenvalue weighted by Gasteiger charge is -2.32. The Bertz CT molecular complexity index is 810. The van der Waals surface area contributed by atoms with Gasteiger partial charge in [0.15, 0.2) is 11.5 Å². The number of anilines is 3. The summed E-state index contributed by atoms with van der Waals surface area (Å²) in [4.78, 5) is 10.4. The van der Waals surface area contributed by atoms with Crippen LogP contribution in [0.5, 0.6) is 5.88 Å². The Hall–Kier alpha value is -2.99. The Kier molecular flexibility index (Phi) is 6.55. The molecule has 3 rings (SSSR count). The third kappa shape index (κ3) is 5.04. The lowest BCUT2D eigenvalue weighted by molar-refractivity contribution is 0.198. The number of nitriles is 1. The van der Waals surface area contributed by atoms with Crippen molar-refractivity contribution in [2.24, 2.45) is 5.92 Å². The highest BCUT2D eigenvalue weighted by Crippen LogP contribution is 2.29. The third-order valence-corrected chi connectivity index (χ3v) is 5.10. The minimum absolute atomic E-state index is 0.262. The van der Waals surface area contributed by atoms with Crippen LogP contribution in [0.1, 0.15) is 31.4 Å². The first-order chi connectivity index (χ1) is 13.6. The molecule has 2 N–H and O–H groups in total. The SMILES string of the molecule is COc1nnc(Nc2cnc(C#N)cn2)cc1NCC1CCC(N(C)C)CC1. The highest BCUT2D eigenvalue weighted by Gasteiger charge is 2.22. The Balaban J connectivity index is 1.62. The largest absolute Gasteiger partial charge is 0.478 e. The van der Waals surface area contributed by atoms with E-state index in [0.29, 0.717) is 29.5 Å². The molecule has 9 heteroatoms. The molecule has 2 aromatic heterocycles. The zero-order valence-electron chi connectivity index (χ0n) is 16.5. The summed E-state index contributed by atoms with van der Waals surface area (Å²) >= 11 is 0. The second-order valence-corrected chi connectivity index (χ2v) is 7.20. The lowest BCUT2D eigenvalue weighted by Crippen LogP contribution is -2.33. The molecule has 0 aromatic carbocycles. The zero-order valence-corrected chi connectivity index (χ0v) is 16.5. The van der Waals surface area contributed by atoms with Gasteiger partial charge in [-0.1, -0.05) is 0 Å². The second-order valence-electron chi connectivity index (χ2n) is 7.20. The molecule has 28 heavy (non-hydrogen) atoms. The number of methoxy groups -OCH3 is 1. The summed E-state index contributed by atoms with van der Waals surface area (Å²) in [6, 6.07) is 4.48. The highest BCUT2D eigenvalue weighted by atomic mass is 16.5. The Morgan fingerprint density at radius 1 is 1.14 bits per heavy atom. The first kappa shape index (κ1) is 19.8. The summed E-state index contributed by atoms with van der Waals surface area (Å²) in [5.41, 5.74) is 1.05. The van der Waals surface area contributed by atoms with Crippen molar-refractivity contribution in [1.29, 1.82) is 5.26 Å². The van der Waals surface area contributed by atoms with Gasteiger partial charge in [0.05, 0.1) is 19.5 Å². The molecule has 1 aliphatic carbocycles. The van der Waals surface area contributed by atoms with E-state index in [2.05, 4.69) is 49.8 Å². The van der Waals surface area contributed by atoms with E-state index in [-0.39, 0.29) is 5.69 Å². The molecular weight excluding hydrogens is 356 g/mol. The van der Waals surface area contributed by atoms with Crippen molar-refractivity contribution in [2.75, 3.05) is 38.4 Å². The molecule has 1 saturated carbocycles. The zero-order chi connectivity index (χ0) is 19.9. The molecule has 0 saturated heterocycles. The van der Waals surface area contributed by atoms with E-state index in [1.807, 2.05) is 12.1 Å². The topological polar surface area (TPSA) is 112 Å². The van der Waals surface area contributed by atoms with Crippen LogP contribution < -0.4 is 15.4 Å². The number of rotatable bonds is 7. The van der Waals surface area contributed by atoms with E-state index in [4.69, 9.17) is 10.00 Å². The van der Waals surface area contributed by atoms with Crippen molar-refractivity contribution in [1.82, 2.24) is 25.1 Å². The smallest absolute Gasteiger partial charge is 0.256 e. The van der Waals surface area contributed by atoms with Crippen LogP contribution in [0.3, 0.4) is 0 Å². The van der Waals surface area contributed by atoms with Gasteiger partial charge in [-0.25, -0.2) is 9.97 Å². The predicted molar refractivity (Wildman–Crippen MR) is 107 cm³/mol. The number of hydrogen-bond donors (Lipinski definition) is 2. The van der Waals surface area contributed by atoms with Gasteiger partial charge in [0.1, 0.15) is 17.6 Å². The molecule has 0 bridgehead atoms. The minimum atomic E-state index is 0.262. The number of aromatic nitrogens is 4. The normalized spacial score (nSPS) is 19.1. The Labute approximate surface area is 165 Å². The molecule has 0 aliphatic heterocycles. The summed E-state index contributed by atoms with van der Waals surface area (Å²) in [5.74, 6) is 2.11. The second kappa shape index (κ2) is 9.28. The van der Waals surface area contributed by atoms with Crippen LogP contribution in [0.25, 0.3) is 0 Å². The Morgan fingerprint density at radius 3 is 2.54 bits per heavy atom. The van der Waals surface area contributed by atoms with Crippen molar-refractivity contribution in [3.63, 3.8) is 0 Å². The number of nitrogens with zero attached hydrogens (tertiary/aromatic N) is 6. The molecule has 0 spiro atoms. The summed E-state index contributed by atoms with van der Waals surface area (Å²) in [7, 11) is 5.89. The fourth-order valence-corrected chi connectivity index (χ4v) is 3.42. The van der Waals surface area contributed by atoms with E-state index < -0.39 is 0 Å². The highest BCUT2D eigenvalue weighted by molar-refractivity contribution is 5.61. The van der Waals surface area contributed by atoms with Crippen LogP contribution in [0.15, 0.2) is 18.5 Å². The number of nitrogens with one attached hydrogen (secondary N) is 2. The summed E-state index contributed by atoms with van der Waals surface area (Å²) in [6.45, 7) is 0.873. The maximum absolute atomic E-state index is 8.80. The van der Waals surface area contributed by atoms with Gasteiger partial charge in [0.2, 0.25) is 0 Å². The molecule has 0 atom stereocenters. The van der Waals surface area contributed by atoms with Gasteiger partial charge in [-0.15, -0.1) is 10.2 Å². The number of hydrogen-bond acceptors (Lipinski definition) is 9. The van der Waals surface area contributed by atoms with Crippen molar-refractivity contribution in [2.45, 2.75) is 31.7 Å². The summed E-state index contributed by atoms with van der Waals surface area (Å²) in [5, 5.41) is 23.5. The lowest BCUT2D eigenvalue weighted by atomic mass is 9.85. The maximum Gasteiger partial charge on any atom is 0.256 e. The Morgan fingerprint density at radius 2 is 1.93 bits per heavy atom. The maximum atomic E-state index is 8.80. The molecule has 1 fully saturated rings. The van der Waals surface area contributed by atoms with E-state index in [0.717, 1.165) is 12.2 Å². The molecular formula is C19H26N8O. The average Bonchev–Trinajstić information content (AvgIpc) is 2.73. The predicted octanol–water partition coefficient (Wildman–Crippen LogP) is 2.42. The van der Waals surface area contributed by atoms with Crippen LogP contribution >= 0.6 is 0 Å². The summed E-state index contributed by atoms with van der Waals surface area (Å²) < 4.78 is 5.33. The average molecular weight is 382 g/mol. The van der Waals surface area contributed by atoms with Gasteiger partial charge < -0.3 is 20.3 Å². The molecule has 2 aromatic rings. The van der Waals surface area contributed by atoms with E-state index in [1.165, 1.54) is 38.1 Å². The van der Waals surface area contributed by atoms with Gasteiger partial charge in [-0.3, -0.25) is 0 Å². The van der Waals surface area contributed by atoms with Crippen LogP contribution in [0, 0.1) is 17.2 Å². The van der Waals surface area contributed by atoms with Crippen molar-refractivity contribution in [3.8, 4) is 11.9 Å². The van der Waals surface area contributed by atoms with Crippen molar-refractivity contribution < 1.29 is 4.74 Å². The fourth-order valence-electron chi connectivity index (χ4n) is 3.42. The molecule has 9 nitrogen and oxygen atoms in total. The number of ether oxygens (including phenoxy) is 1. The minimum Gasteiger partial charge on any atom is -0.478 e. The van der Waals surface area contributed by atoms with Gasteiger partial charge in [0, 0.05) is 18.7 Å². The van der Waals surface area contributed by atoms with E-state index in [1.54, 1.807) is 7.11 Å². The van der Waals surface area contributed by atoms with Crippen LogP contribution in [-0.2, 0) is 0 Å². The van der Waals surface area contributed by atoms with Gasteiger partial charge >= 0.3 is 0 Å². The van der Waals surface area contributed by atoms with E-state index >= 15 is 0 Å². The first-order valence-electron chi connectivity index (χ1n) is 9.40. The molecule has 1 aliphatic rings. The van der Waals surface area contributed by atoms with Crippen LogP contribution in [0.2, 0.25) is 0 Å². The first-order valence-corrected chi connectivity index (χ1v) is 9.40. The fraction of sp³-hybridized carbons (Fsp3) is 0.526. The van der Waals surface area contributed by atoms with Crippen LogP contribution in [-0.4, -0.2) is 58.9 Å². The molecule has 2 heterocycles.